The molecule has 3 heteroatoms. The number of hydrogen-bond donors (Lipinski definition) is 1. The highest BCUT2D eigenvalue weighted by atomic mass is 16.1. The van der Waals surface area contributed by atoms with Crippen LogP contribution in [0.4, 0.5) is 0 Å². The Morgan fingerprint density at radius 2 is 1.95 bits per heavy atom. The van der Waals surface area contributed by atoms with E-state index in [0.29, 0.717) is 0 Å². The number of ketones is 1. The van der Waals surface area contributed by atoms with Gasteiger partial charge in [-0.2, -0.15) is 0 Å². The number of aromatic nitrogens is 1. The van der Waals surface area contributed by atoms with Crippen LogP contribution in [-0.4, -0.2) is 23.9 Å². The second-order valence-electron chi connectivity index (χ2n) is 5.52. The van der Waals surface area contributed by atoms with Gasteiger partial charge in [0.25, 0.3) is 0 Å². The summed E-state index contributed by atoms with van der Waals surface area (Å²) in [5.41, 5.74) is 1.34. The first-order chi connectivity index (χ1) is 9.21. The van der Waals surface area contributed by atoms with Crippen molar-refractivity contribution in [1.29, 1.82) is 0 Å². The third kappa shape index (κ3) is 2.15. The molecule has 0 unspecified atom stereocenters. The van der Waals surface area contributed by atoms with Gasteiger partial charge in [0.2, 0.25) is 0 Å². The first kappa shape index (κ1) is 12.3. The highest BCUT2D eigenvalue weighted by molar-refractivity contribution is 6.09. The summed E-state index contributed by atoms with van der Waals surface area (Å²) in [7, 11) is 0. The van der Waals surface area contributed by atoms with Crippen molar-refractivity contribution in [3.05, 3.63) is 42.1 Å². The van der Waals surface area contributed by atoms with E-state index in [1.165, 1.54) is 0 Å². The van der Waals surface area contributed by atoms with Crippen LogP contribution in [0.2, 0.25) is 0 Å². The number of Topliss-reactive ketones (excluding diaryl/α,β-unsaturated/α-hetero) is 1. The lowest BCUT2D eigenvalue weighted by molar-refractivity contribution is 0.0764. The maximum absolute atomic E-state index is 12.9. The van der Waals surface area contributed by atoms with Crippen molar-refractivity contribution >= 4 is 16.7 Å². The van der Waals surface area contributed by atoms with E-state index in [-0.39, 0.29) is 11.2 Å². The monoisotopic (exact) mass is 254 g/mol. The predicted molar refractivity (Wildman–Crippen MR) is 76.3 cm³/mol. The topological polar surface area (TPSA) is 42.0 Å². The second-order valence-corrected chi connectivity index (χ2v) is 5.52. The fourth-order valence-electron chi connectivity index (χ4n) is 2.82. The zero-order valence-electron chi connectivity index (χ0n) is 11.1. The lowest BCUT2D eigenvalue weighted by atomic mass is 9.74. The summed E-state index contributed by atoms with van der Waals surface area (Å²) in [5, 5.41) is 4.35. The molecule has 1 aromatic heterocycles. The minimum Gasteiger partial charge on any atom is -0.317 e. The molecule has 0 aliphatic carbocycles. The third-order valence-electron chi connectivity index (χ3n) is 4.13. The molecule has 3 rings (SSSR count). The maximum atomic E-state index is 12.9. The van der Waals surface area contributed by atoms with Crippen molar-refractivity contribution in [2.75, 3.05) is 13.1 Å². The standard InChI is InChI=1S/C16H18N2O/c1-16(7-10-17-11-8-16)15(19)13-6-2-4-12-5-3-9-18-14(12)13/h2-6,9,17H,7-8,10-11H2,1H3. The van der Waals surface area contributed by atoms with E-state index >= 15 is 0 Å². The van der Waals surface area contributed by atoms with Crippen LogP contribution in [0.5, 0.6) is 0 Å². The molecule has 98 valence electrons. The molecule has 0 atom stereocenters. The summed E-state index contributed by atoms with van der Waals surface area (Å²) in [6.07, 6.45) is 3.55. The lowest BCUT2D eigenvalue weighted by Crippen LogP contribution is -2.40. The normalized spacial score (nSPS) is 18.4. The van der Waals surface area contributed by atoms with E-state index in [1.54, 1.807) is 6.20 Å². The first-order valence-electron chi connectivity index (χ1n) is 6.80. The molecule has 0 bridgehead atoms. The van der Waals surface area contributed by atoms with E-state index in [0.717, 1.165) is 42.4 Å². The van der Waals surface area contributed by atoms with E-state index in [4.69, 9.17) is 0 Å². The van der Waals surface area contributed by atoms with Crippen molar-refractivity contribution in [2.45, 2.75) is 19.8 Å². The average molecular weight is 254 g/mol. The van der Waals surface area contributed by atoms with Crippen LogP contribution in [0.3, 0.4) is 0 Å². The van der Waals surface area contributed by atoms with Gasteiger partial charge in [-0.1, -0.05) is 25.1 Å². The molecule has 1 aliphatic rings. The largest absolute Gasteiger partial charge is 0.317 e. The van der Waals surface area contributed by atoms with Crippen LogP contribution in [-0.2, 0) is 0 Å². The van der Waals surface area contributed by atoms with Crippen LogP contribution in [0, 0.1) is 5.41 Å². The number of piperidine rings is 1. The smallest absolute Gasteiger partial charge is 0.171 e. The molecule has 3 nitrogen and oxygen atoms in total. The highest BCUT2D eigenvalue weighted by Gasteiger charge is 2.35. The predicted octanol–water partition coefficient (Wildman–Crippen LogP) is 2.81. The zero-order valence-corrected chi connectivity index (χ0v) is 11.1. The number of fused-ring (bicyclic) bond motifs is 1. The second kappa shape index (κ2) is 4.74. The number of nitrogens with one attached hydrogen (secondary N) is 1. The van der Waals surface area contributed by atoms with Gasteiger partial charge in [0, 0.05) is 22.6 Å². The van der Waals surface area contributed by atoms with Crippen molar-refractivity contribution in [3.8, 4) is 0 Å². The molecule has 19 heavy (non-hydrogen) atoms. The average Bonchev–Trinajstić information content (AvgIpc) is 2.47. The van der Waals surface area contributed by atoms with Gasteiger partial charge >= 0.3 is 0 Å². The Hall–Kier alpha value is -1.74. The Labute approximate surface area is 113 Å². The number of nitrogens with zero attached hydrogens (tertiary/aromatic N) is 1. The fraction of sp³-hybridized carbons (Fsp3) is 0.375. The molecule has 2 aromatic rings. The minimum absolute atomic E-state index is 0.235. The summed E-state index contributed by atoms with van der Waals surface area (Å²) in [6.45, 7) is 3.92. The summed E-state index contributed by atoms with van der Waals surface area (Å²) < 4.78 is 0. The molecule has 2 heterocycles. The number of carbonyl (C=O) groups is 1. The van der Waals surface area contributed by atoms with Gasteiger partial charge in [-0.3, -0.25) is 9.78 Å². The highest BCUT2D eigenvalue weighted by Crippen LogP contribution is 2.33. The van der Waals surface area contributed by atoms with Crippen molar-refractivity contribution in [1.82, 2.24) is 10.3 Å². The van der Waals surface area contributed by atoms with Crippen molar-refractivity contribution < 1.29 is 4.79 Å². The van der Waals surface area contributed by atoms with E-state index in [2.05, 4.69) is 17.2 Å². The fourth-order valence-corrected chi connectivity index (χ4v) is 2.82. The van der Waals surface area contributed by atoms with Crippen molar-refractivity contribution in [2.24, 2.45) is 5.41 Å². The van der Waals surface area contributed by atoms with Gasteiger partial charge in [0.05, 0.1) is 5.52 Å². The molecule has 1 aliphatic heterocycles. The van der Waals surface area contributed by atoms with E-state index in [1.807, 2.05) is 30.3 Å². The Kier molecular flexibility index (Phi) is 3.07. The summed E-state index contributed by atoms with van der Waals surface area (Å²) >= 11 is 0. The van der Waals surface area contributed by atoms with Crippen molar-refractivity contribution in [3.63, 3.8) is 0 Å². The molecule has 0 saturated carbocycles. The SMILES string of the molecule is CC1(C(=O)c2cccc3cccnc23)CCNCC1. The summed E-state index contributed by atoms with van der Waals surface area (Å²) in [4.78, 5) is 17.3. The Morgan fingerprint density at radius 3 is 2.74 bits per heavy atom. The van der Waals surface area contributed by atoms with Crippen LogP contribution in [0.25, 0.3) is 10.9 Å². The van der Waals surface area contributed by atoms with Gasteiger partial charge in [-0.05, 0) is 38.1 Å². The van der Waals surface area contributed by atoms with Gasteiger partial charge in [-0.25, -0.2) is 0 Å². The molecular weight excluding hydrogens is 236 g/mol. The third-order valence-corrected chi connectivity index (χ3v) is 4.13. The number of hydrogen-bond acceptors (Lipinski definition) is 3. The molecular formula is C16H18N2O. The number of rotatable bonds is 2. The minimum atomic E-state index is -0.253. The van der Waals surface area contributed by atoms with E-state index in [9.17, 15) is 4.79 Å². The van der Waals surface area contributed by atoms with Crippen LogP contribution < -0.4 is 5.32 Å². The van der Waals surface area contributed by atoms with Crippen LogP contribution in [0.1, 0.15) is 30.1 Å². The Morgan fingerprint density at radius 1 is 1.21 bits per heavy atom. The molecule has 1 N–H and O–H groups in total. The van der Waals surface area contributed by atoms with Gasteiger partial charge < -0.3 is 5.32 Å². The number of pyridine rings is 1. The molecule has 1 aromatic carbocycles. The number of benzene rings is 1. The van der Waals surface area contributed by atoms with Gasteiger partial charge in [0.1, 0.15) is 0 Å². The Bertz CT molecular complexity index is 610. The summed E-state index contributed by atoms with van der Waals surface area (Å²) in [6, 6.07) is 9.77. The van der Waals surface area contributed by atoms with Gasteiger partial charge in [0.15, 0.2) is 5.78 Å². The molecule has 1 saturated heterocycles. The molecule has 0 amide bonds. The molecule has 0 spiro atoms. The lowest BCUT2D eigenvalue weighted by Gasteiger charge is -2.32. The number of para-hydroxylation sites is 1. The maximum Gasteiger partial charge on any atom is 0.171 e. The summed E-state index contributed by atoms with van der Waals surface area (Å²) in [5.74, 6) is 0.235. The Balaban J connectivity index is 2.06. The molecule has 0 radical (unpaired) electrons. The zero-order chi connectivity index (χ0) is 13.3. The van der Waals surface area contributed by atoms with Crippen LogP contribution >= 0.6 is 0 Å². The first-order valence-corrected chi connectivity index (χ1v) is 6.80. The van der Waals surface area contributed by atoms with Crippen LogP contribution in [0.15, 0.2) is 36.5 Å². The number of carbonyl (C=O) groups excluding carboxylic acids is 1. The quantitative estimate of drug-likeness (QED) is 0.838. The van der Waals surface area contributed by atoms with Gasteiger partial charge in [-0.15, -0.1) is 0 Å². The van der Waals surface area contributed by atoms with E-state index < -0.39 is 0 Å². The molecule has 1 fully saturated rings.